The summed E-state index contributed by atoms with van der Waals surface area (Å²) >= 11 is 0. The van der Waals surface area contributed by atoms with Crippen LogP contribution in [-0.2, 0) is 6.42 Å². The molecule has 1 atom stereocenters. The SMILES string of the molecule is CC(O)(CN)Cc1nc2ccc(F)cc2o1. The molecule has 4 nitrogen and oxygen atoms in total. The van der Waals surface area contributed by atoms with E-state index in [2.05, 4.69) is 4.98 Å². The van der Waals surface area contributed by atoms with Crippen LogP contribution in [0.2, 0.25) is 0 Å². The minimum Gasteiger partial charge on any atom is -0.440 e. The molecule has 5 heteroatoms. The van der Waals surface area contributed by atoms with Gasteiger partial charge >= 0.3 is 0 Å². The summed E-state index contributed by atoms with van der Waals surface area (Å²) in [7, 11) is 0. The number of hydrogen-bond donors (Lipinski definition) is 2. The van der Waals surface area contributed by atoms with Gasteiger partial charge in [-0.25, -0.2) is 9.37 Å². The molecule has 0 aliphatic rings. The van der Waals surface area contributed by atoms with Gasteiger partial charge in [-0.05, 0) is 19.1 Å². The second-order valence-electron chi connectivity index (χ2n) is 4.10. The maximum Gasteiger partial charge on any atom is 0.198 e. The van der Waals surface area contributed by atoms with Crippen LogP contribution in [0.5, 0.6) is 0 Å². The van der Waals surface area contributed by atoms with E-state index >= 15 is 0 Å². The summed E-state index contributed by atoms with van der Waals surface area (Å²) in [6.07, 6.45) is 0.208. The van der Waals surface area contributed by atoms with Crippen molar-refractivity contribution < 1.29 is 13.9 Å². The monoisotopic (exact) mass is 224 g/mol. The first-order valence-corrected chi connectivity index (χ1v) is 4.97. The molecule has 1 aromatic heterocycles. The van der Waals surface area contributed by atoms with E-state index in [0.717, 1.165) is 0 Å². The minimum absolute atomic E-state index is 0.111. The van der Waals surface area contributed by atoms with E-state index in [9.17, 15) is 9.50 Å². The zero-order chi connectivity index (χ0) is 11.8. The molecule has 3 N–H and O–H groups in total. The van der Waals surface area contributed by atoms with Crippen molar-refractivity contribution in [1.82, 2.24) is 4.98 Å². The van der Waals surface area contributed by atoms with Crippen molar-refractivity contribution in [3.8, 4) is 0 Å². The van der Waals surface area contributed by atoms with Crippen molar-refractivity contribution in [3.05, 3.63) is 29.9 Å². The Labute approximate surface area is 91.9 Å². The first-order valence-electron chi connectivity index (χ1n) is 4.97. The Morgan fingerprint density at radius 2 is 2.31 bits per heavy atom. The van der Waals surface area contributed by atoms with Crippen molar-refractivity contribution >= 4 is 11.1 Å². The van der Waals surface area contributed by atoms with Gasteiger partial charge in [0.2, 0.25) is 0 Å². The number of nitrogens with two attached hydrogens (primary N) is 1. The summed E-state index contributed by atoms with van der Waals surface area (Å²) in [6, 6.07) is 4.12. The van der Waals surface area contributed by atoms with Crippen molar-refractivity contribution in [1.29, 1.82) is 0 Å². The van der Waals surface area contributed by atoms with Crippen molar-refractivity contribution in [2.45, 2.75) is 18.9 Å². The third kappa shape index (κ3) is 2.20. The fourth-order valence-electron chi connectivity index (χ4n) is 1.42. The lowest BCUT2D eigenvalue weighted by molar-refractivity contribution is 0.0632. The Morgan fingerprint density at radius 3 is 3.00 bits per heavy atom. The third-order valence-electron chi connectivity index (χ3n) is 2.37. The number of halogens is 1. The van der Waals surface area contributed by atoms with Crippen LogP contribution in [0.3, 0.4) is 0 Å². The van der Waals surface area contributed by atoms with Gasteiger partial charge in [-0.1, -0.05) is 0 Å². The summed E-state index contributed by atoms with van der Waals surface area (Å²) in [5, 5.41) is 9.76. The number of aliphatic hydroxyl groups is 1. The molecular weight excluding hydrogens is 211 g/mol. The normalized spacial score (nSPS) is 15.2. The molecule has 0 aliphatic heterocycles. The lowest BCUT2D eigenvalue weighted by Crippen LogP contribution is -2.36. The van der Waals surface area contributed by atoms with Crippen LogP contribution < -0.4 is 5.73 Å². The Kier molecular flexibility index (Phi) is 2.65. The molecule has 0 aliphatic carbocycles. The molecule has 1 aromatic carbocycles. The van der Waals surface area contributed by atoms with E-state index in [1.54, 1.807) is 6.92 Å². The predicted molar refractivity (Wildman–Crippen MR) is 57.3 cm³/mol. The molecule has 0 amide bonds. The summed E-state index contributed by atoms with van der Waals surface area (Å²) in [5.74, 6) is -0.0168. The fraction of sp³-hybridized carbons (Fsp3) is 0.364. The van der Waals surface area contributed by atoms with Gasteiger partial charge in [-0.3, -0.25) is 0 Å². The largest absolute Gasteiger partial charge is 0.440 e. The van der Waals surface area contributed by atoms with E-state index < -0.39 is 5.60 Å². The number of benzene rings is 1. The predicted octanol–water partition coefficient (Wildman–Crippen LogP) is 1.22. The average Bonchev–Trinajstić information content (AvgIpc) is 2.58. The fourth-order valence-corrected chi connectivity index (χ4v) is 1.42. The molecule has 1 heterocycles. The lowest BCUT2D eigenvalue weighted by Gasteiger charge is -2.18. The second-order valence-corrected chi connectivity index (χ2v) is 4.10. The van der Waals surface area contributed by atoms with E-state index in [4.69, 9.17) is 10.2 Å². The molecule has 16 heavy (non-hydrogen) atoms. The standard InChI is InChI=1S/C11H13FN2O2/c1-11(15,6-13)5-10-14-8-3-2-7(12)4-9(8)16-10/h2-4,15H,5-6,13H2,1H3. The number of rotatable bonds is 3. The second kappa shape index (κ2) is 3.84. The number of nitrogens with zero attached hydrogens (tertiary/aromatic N) is 1. The van der Waals surface area contributed by atoms with Gasteiger partial charge in [0.25, 0.3) is 0 Å². The van der Waals surface area contributed by atoms with Crippen molar-refractivity contribution in [2.75, 3.05) is 6.54 Å². The maximum atomic E-state index is 12.9. The van der Waals surface area contributed by atoms with Gasteiger partial charge in [0.05, 0.1) is 12.0 Å². The number of oxazole rings is 1. The quantitative estimate of drug-likeness (QED) is 0.822. The summed E-state index contributed by atoms with van der Waals surface area (Å²) in [5.41, 5.74) is 5.29. The van der Waals surface area contributed by atoms with Crippen molar-refractivity contribution in [2.24, 2.45) is 5.73 Å². The highest BCUT2D eigenvalue weighted by molar-refractivity contribution is 5.72. The van der Waals surface area contributed by atoms with Crippen LogP contribution in [0, 0.1) is 5.82 Å². The van der Waals surface area contributed by atoms with E-state index in [-0.39, 0.29) is 18.8 Å². The van der Waals surface area contributed by atoms with Gasteiger partial charge in [-0.2, -0.15) is 0 Å². The zero-order valence-electron chi connectivity index (χ0n) is 8.90. The molecule has 0 radical (unpaired) electrons. The third-order valence-corrected chi connectivity index (χ3v) is 2.37. The first-order chi connectivity index (χ1) is 7.50. The molecule has 0 saturated heterocycles. The van der Waals surface area contributed by atoms with Crippen LogP contribution in [0.25, 0.3) is 11.1 Å². The van der Waals surface area contributed by atoms with Crippen LogP contribution in [0.1, 0.15) is 12.8 Å². The van der Waals surface area contributed by atoms with Gasteiger partial charge in [0, 0.05) is 12.6 Å². The summed E-state index contributed by atoms with van der Waals surface area (Å²) < 4.78 is 18.2. The van der Waals surface area contributed by atoms with Crippen LogP contribution in [-0.4, -0.2) is 22.2 Å². The molecule has 86 valence electrons. The Balaban J connectivity index is 2.33. The van der Waals surface area contributed by atoms with E-state index in [0.29, 0.717) is 17.0 Å². The molecule has 0 fully saturated rings. The molecule has 0 saturated carbocycles. The van der Waals surface area contributed by atoms with Crippen LogP contribution in [0.4, 0.5) is 4.39 Å². The molecular formula is C11H13FN2O2. The number of fused-ring (bicyclic) bond motifs is 1. The highest BCUT2D eigenvalue weighted by Crippen LogP contribution is 2.19. The molecule has 0 spiro atoms. The molecule has 0 bridgehead atoms. The molecule has 2 aromatic rings. The average molecular weight is 224 g/mol. The van der Waals surface area contributed by atoms with Crippen LogP contribution in [0.15, 0.2) is 22.6 Å². The van der Waals surface area contributed by atoms with E-state index in [1.807, 2.05) is 0 Å². The summed E-state index contributed by atoms with van der Waals surface area (Å²) in [6.45, 7) is 1.71. The van der Waals surface area contributed by atoms with Gasteiger partial charge < -0.3 is 15.3 Å². The van der Waals surface area contributed by atoms with Crippen molar-refractivity contribution in [3.63, 3.8) is 0 Å². The van der Waals surface area contributed by atoms with Gasteiger partial charge in [0.15, 0.2) is 11.5 Å². The van der Waals surface area contributed by atoms with Gasteiger partial charge in [-0.15, -0.1) is 0 Å². The molecule has 2 rings (SSSR count). The lowest BCUT2D eigenvalue weighted by atomic mass is 10.0. The number of aromatic nitrogens is 1. The highest BCUT2D eigenvalue weighted by Gasteiger charge is 2.22. The zero-order valence-corrected chi connectivity index (χ0v) is 8.90. The maximum absolute atomic E-state index is 12.9. The van der Waals surface area contributed by atoms with Gasteiger partial charge in [0.1, 0.15) is 11.3 Å². The summed E-state index contributed by atoms with van der Waals surface area (Å²) in [4.78, 5) is 4.14. The smallest absolute Gasteiger partial charge is 0.198 e. The number of hydrogen-bond acceptors (Lipinski definition) is 4. The Morgan fingerprint density at radius 1 is 1.56 bits per heavy atom. The highest BCUT2D eigenvalue weighted by atomic mass is 19.1. The minimum atomic E-state index is -1.06. The topological polar surface area (TPSA) is 72.3 Å². The Bertz CT molecular complexity index is 508. The van der Waals surface area contributed by atoms with Crippen LogP contribution >= 0.6 is 0 Å². The van der Waals surface area contributed by atoms with E-state index in [1.165, 1.54) is 18.2 Å². The molecule has 1 unspecified atom stereocenters. The Hall–Kier alpha value is -1.46. The first kappa shape index (κ1) is 11.0.